The van der Waals surface area contributed by atoms with E-state index in [0.717, 1.165) is 25.1 Å². The first-order chi connectivity index (χ1) is 7.27. The average molecular weight is 205 g/mol. The summed E-state index contributed by atoms with van der Waals surface area (Å²) in [4.78, 5) is 4.11. The van der Waals surface area contributed by atoms with Crippen LogP contribution in [0.1, 0.15) is 25.6 Å². The van der Waals surface area contributed by atoms with Crippen molar-refractivity contribution in [2.75, 3.05) is 0 Å². The van der Waals surface area contributed by atoms with Gasteiger partial charge in [0.25, 0.3) is 5.78 Å². The Morgan fingerprint density at radius 3 is 3.13 bits per heavy atom. The van der Waals surface area contributed by atoms with Crippen molar-refractivity contribution in [1.29, 1.82) is 0 Å². The maximum atomic E-state index is 5.69. The van der Waals surface area contributed by atoms with Crippen LogP contribution in [0.3, 0.4) is 0 Å². The Morgan fingerprint density at radius 2 is 2.33 bits per heavy atom. The number of fused-ring (bicyclic) bond motifs is 1. The first kappa shape index (κ1) is 10.0. The van der Waals surface area contributed by atoms with Crippen molar-refractivity contribution in [2.45, 2.75) is 32.2 Å². The molecule has 2 rings (SSSR count). The second-order valence-corrected chi connectivity index (χ2v) is 3.78. The fourth-order valence-electron chi connectivity index (χ4n) is 1.54. The van der Waals surface area contributed by atoms with Crippen molar-refractivity contribution >= 4 is 5.78 Å². The molecule has 2 N–H and O–H groups in total. The molecule has 0 saturated heterocycles. The SMILES string of the molecule is CC(N)CCCc1nnc2ncccn12. The second-order valence-electron chi connectivity index (χ2n) is 3.78. The van der Waals surface area contributed by atoms with Gasteiger partial charge in [-0.25, -0.2) is 4.98 Å². The normalized spacial score (nSPS) is 13.2. The highest BCUT2D eigenvalue weighted by atomic mass is 15.3. The van der Waals surface area contributed by atoms with E-state index in [1.54, 1.807) is 6.20 Å². The second kappa shape index (κ2) is 4.35. The third-order valence-corrected chi connectivity index (χ3v) is 2.32. The molecule has 5 nitrogen and oxygen atoms in total. The van der Waals surface area contributed by atoms with Crippen molar-refractivity contribution in [3.8, 4) is 0 Å². The lowest BCUT2D eigenvalue weighted by molar-refractivity contribution is 0.611. The molecule has 2 aromatic heterocycles. The minimum Gasteiger partial charge on any atom is -0.328 e. The highest BCUT2D eigenvalue weighted by Gasteiger charge is 2.05. The summed E-state index contributed by atoms with van der Waals surface area (Å²) in [6, 6.07) is 2.13. The van der Waals surface area contributed by atoms with Crippen LogP contribution in [0, 0.1) is 0 Å². The first-order valence-electron chi connectivity index (χ1n) is 5.17. The Hall–Kier alpha value is -1.49. The van der Waals surface area contributed by atoms with Crippen molar-refractivity contribution in [1.82, 2.24) is 19.6 Å². The van der Waals surface area contributed by atoms with Gasteiger partial charge in [0.15, 0.2) is 0 Å². The summed E-state index contributed by atoms with van der Waals surface area (Å²) in [5.41, 5.74) is 5.69. The maximum absolute atomic E-state index is 5.69. The summed E-state index contributed by atoms with van der Waals surface area (Å²) in [5.74, 6) is 1.62. The van der Waals surface area contributed by atoms with Gasteiger partial charge in [-0.3, -0.25) is 4.40 Å². The van der Waals surface area contributed by atoms with Gasteiger partial charge in [-0.2, -0.15) is 0 Å². The van der Waals surface area contributed by atoms with Crippen molar-refractivity contribution in [3.05, 3.63) is 24.3 Å². The smallest absolute Gasteiger partial charge is 0.254 e. The van der Waals surface area contributed by atoms with Crippen LogP contribution in [-0.2, 0) is 6.42 Å². The molecule has 0 aliphatic heterocycles. The van der Waals surface area contributed by atoms with E-state index in [-0.39, 0.29) is 6.04 Å². The Balaban J connectivity index is 2.08. The predicted octanol–water partition coefficient (Wildman–Crippen LogP) is 0.794. The summed E-state index contributed by atoms with van der Waals surface area (Å²) in [6.07, 6.45) is 6.59. The van der Waals surface area contributed by atoms with Gasteiger partial charge in [0.05, 0.1) is 0 Å². The van der Waals surface area contributed by atoms with Crippen LogP contribution in [0.2, 0.25) is 0 Å². The third-order valence-electron chi connectivity index (χ3n) is 2.32. The summed E-state index contributed by atoms with van der Waals surface area (Å²) in [7, 11) is 0. The monoisotopic (exact) mass is 205 g/mol. The van der Waals surface area contributed by atoms with Crippen LogP contribution in [-0.4, -0.2) is 25.6 Å². The highest BCUT2D eigenvalue weighted by molar-refractivity contribution is 5.26. The van der Waals surface area contributed by atoms with Gasteiger partial charge in [0, 0.05) is 24.9 Å². The van der Waals surface area contributed by atoms with Crippen LogP contribution < -0.4 is 5.73 Å². The van der Waals surface area contributed by atoms with E-state index in [1.807, 2.05) is 23.6 Å². The van der Waals surface area contributed by atoms with Crippen molar-refractivity contribution in [3.63, 3.8) is 0 Å². The van der Waals surface area contributed by atoms with E-state index in [9.17, 15) is 0 Å². The van der Waals surface area contributed by atoms with Crippen molar-refractivity contribution < 1.29 is 0 Å². The van der Waals surface area contributed by atoms with Crippen LogP contribution >= 0.6 is 0 Å². The molecule has 0 saturated carbocycles. The topological polar surface area (TPSA) is 69.1 Å². The lowest BCUT2D eigenvalue weighted by atomic mass is 10.1. The molecule has 0 aromatic carbocycles. The molecule has 5 heteroatoms. The molecule has 0 aliphatic carbocycles. The number of rotatable bonds is 4. The number of aryl methyl sites for hydroxylation is 1. The van der Waals surface area contributed by atoms with Crippen molar-refractivity contribution in [2.24, 2.45) is 5.73 Å². The van der Waals surface area contributed by atoms with E-state index in [4.69, 9.17) is 5.73 Å². The van der Waals surface area contributed by atoms with Crippen LogP contribution in [0.4, 0.5) is 0 Å². The molecule has 2 aromatic rings. The zero-order valence-corrected chi connectivity index (χ0v) is 8.80. The Morgan fingerprint density at radius 1 is 1.47 bits per heavy atom. The summed E-state index contributed by atoms with van der Waals surface area (Å²) >= 11 is 0. The fourth-order valence-corrected chi connectivity index (χ4v) is 1.54. The van der Waals surface area contributed by atoms with Crippen LogP contribution in [0.25, 0.3) is 5.78 Å². The molecule has 0 bridgehead atoms. The number of aromatic nitrogens is 4. The van der Waals surface area contributed by atoms with E-state index < -0.39 is 0 Å². The largest absolute Gasteiger partial charge is 0.328 e. The molecule has 0 amide bonds. The fraction of sp³-hybridized carbons (Fsp3) is 0.500. The molecule has 0 fully saturated rings. The number of hydrogen-bond acceptors (Lipinski definition) is 4. The molecular weight excluding hydrogens is 190 g/mol. The van der Waals surface area contributed by atoms with Gasteiger partial charge in [0.2, 0.25) is 0 Å². The van der Waals surface area contributed by atoms with Gasteiger partial charge in [-0.05, 0) is 25.8 Å². The number of nitrogens with zero attached hydrogens (tertiary/aromatic N) is 4. The number of hydrogen-bond donors (Lipinski definition) is 1. The molecule has 2 heterocycles. The van der Waals surface area contributed by atoms with Gasteiger partial charge in [-0.1, -0.05) is 0 Å². The lowest BCUT2D eigenvalue weighted by Gasteiger charge is -2.03. The lowest BCUT2D eigenvalue weighted by Crippen LogP contribution is -2.14. The Labute approximate surface area is 88.3 Å². The van der Waals surface area contributed by atoms with E-state index in [1.165, 1.54) is 0 Å². The zero-order chi connectivity index (χ0) is 10.7. The van der Waals surface area contributed by atoms with Gasteiger partial charge in [0.1, 0.15) is 5.82 Å². The highest BCUT2D eigenvalue weighted by Crippen LogP contribution is 2.05. The van der Waals surface area contributed by atoms with Gasteiger partial charge < -0.3 is 5.73 Å². The molecule has 0 spiro atoms. The van der Waals surface area contributed by atoms with E-state index in [0.29, 0.717) is 5.78 Å². The molecule has 80 valence electrons. The average Bonchev–Trinajstić information content (AvgIpc) is 2.62. The predicted molar refractivity (Wildman–Crippen MR) is 57.4 cm³/mol. The van der Waals surface area contributed by atoms with Gasteiger partial charge in [-0.15, -0.1) is 10.2 Å². The Kier molecular flexibility index (Phi) is 2.91. The summed E-state index contributed by atoms with van der Waals surface area (Å²) in [6.45, 7) is 2.02. The zero-order valence-electron chi connectivity index (χ0n) is 8.80. The minimum absolute atomic E-state index is 0.252. The molecule has 15 heavy (non-hydrogen) atoms. The standard InChI is InChI=1S/C10H15N5/c1-8(11)4-2-5-9-13-14-10-12-6-3-7-15(9)10/h3,6-8H,2,4-5,11H2,1H3. The molecular formula is C10H15N5. The third kappa shape index (κ3) is 2.30. The molecule has 1 atom stereocenters. The van der Waals surface area contributed by atoms with Crippen LogP contribution in [0.5, 0.6) is 0 Å². The maximum Gasteiger partial charge on any atom is 0.254 e. The number of nitrogens with two attached hydrogens (primary N) is 1. The quantitative estimate of drug-likeness (QED) is 0.801. The summed E-state index contributed by atoms with van der Waals surface area (Å²) in [5, 5.41) is 8.09. The Bertz CT molecular complexity index is 434. The first-order valence-corrected chi connectivity index (χ1v) is 5.17. The van der Waals surface area contributed by atoms with E-state index in [2.05, 4.69) is 15.2 Å². The molecule has 1 unspecified atom stereocenters. The van der Waals surface area contributed by atoms with E-state index >= 15 is 0 Å². The molecule has 0 radical (unpaired) electrons. The van der Waals surface area contributed by atoms with Crippen LogP contribution in [0.15, 0.2) is 18.5 Å². The van der Waals surface area contributed by atoms with Gasteiger partial charge >= 0.3 is 0 Å². The summed E-state index contributed by atoms with van der Waals surface area (Å²) < 4.78 is 1.92. The minimum atomic E-state index is 0.252. The molecule has 0 aliphatic rings.